The zero-order chi connectivity index (χ0) is 11.4. The molecule has 0 radical (unpaired) electrons. The summed E-state index contributed by atoms with van der Waals surface area (Å²) >= 11 is 4.80. The fourth-order valence-corrected chi connectivity index (χ4v) is 1.67. The van der Waals surface area contributed by atoms with Crippen molar-refractivity contribution in [3.8, 4) is 11.1 Å². The second-order valence-corrected chi connectivity index (χ2v) is 3.88. The summed E-state index contributed by atoms with van der Waals surface area (Å²) in [5.74, 6) is 0. The van der Waals surface area contributed by atoms with E-state index in [1.54, 1.807) is 0 Å². The van der Waals surface area contributed by atoms with E-state index >= 15 is 0 Å². The number of rotatable bonds is 2. The van der Waals surface area contributed by atoms with Gasteiger partial charge in [0.15, 0.2) is 5.11 Å². The van der Waals surface area contributed by atoms with E-state index in [0.29, 0.717) is 0 Å². The summed E-state index contributed by atoms with van der Waals surface area (Å²) in [5.41, 5.74) is 8.66. The van der Waals surface area contributed by atoms with Crippen LogP contribution in [0.1, 0.15) is 0 Å². The van der Waals surface area contributed by atoms with Crippen LogP contribution in [-0.4, -0.2) is 5.11 Å². The number of benzene rings is 2. The van der Waals surface area contributed by atoms with E-state index in [4.69, 9.17) is 18.0 Å². The van der Waals surface area contributed by atoms with E-state index in [2.05, 4.69) is 23.5 Å². The average molecular weight is 228 g/mol. The highest BCUT2D eigenvalue weighted by molar-refractivity contribution is 7.80. The lowest BCUT2D eigenvalue weighted by molar-refractivity contribution is 1.58. The first kappa shape index (κ1) is 10.6. The van der Waals surface area contributed by atoms with Crippen molar-refractivity contribution in [3.63, 3.8) is 0 Å². The van der Waals surface area contributed by atoms with Crippen molar-refractivity contribution in [2.24, 2.45) is 5.73 Å². The molecular weight excluding hydrogens is 216 g/mol. The average Bonchev–Trinajstić information content (AvgIpc) is 2.30. The van der Waals surface area contributed by atoms with Gasteiger partial charge >= 0.3 is 0 Å². The molecule has 0 unspecified atom stereocenters. The summed E-state index contributed by atoms with van der Waals surface area (Å²) in [5, 5.41) is 3.21. The molecule has 0 saturated carbocycles. The molecule has 2 aromatic carbocycles. The summed E-state index contributed by atoms with van der Waals surface area (Å²) in [6.07, 6.45) is 0. The number of hydrogen-bond acceptors (Lipinski definition) is 1. The molecule has 0 aliphatic heterocycles. The third-order valence-electron chi connectivity index (χ3n) is 2.24. The third kappa shape index (κ3) is 2.58. The Labute approximate surface area is 100 Å². The molecule has 80 valence electrons. The van der Waals surface area contributed by atoms with E-state index in [1.165, 1.54) is 5.56 Å². The third-order valence-corrected chi connectivity index (χ3v) is 2.34. The standard InChI is InChI=1S/C13H12N2S/c14-13(16)15-12-8-4-7-11(9-12)10-5-2-1-3-6-10/h1-9H,(H3,14,15,16). The van der Waals surface area contributed by atoms with Gasteiger partial charge in [-0.05, 0) is 35.5 Å². The molecule has 16 heavy (non-hydrogen) atoms. The van der Waals surface area contributed by atoms with Gasteiger partial charge in [0.2, 0.25) is 0 Å². The second-order valence-electron chi connectivity index (χ2n) is 3.44. The van der Waals surface area contributed by atoms with Crippen LogP contribution < -0.4 is 11.1 Å². The molecule has 0 amide bonds. The largest absolute Gasteiger partial charge is 0.376 e. The van der Waals surface area contributed by atoms with Gasteiger partial charge in [0.05, 0.1) is 0 Å². The normalized spacial score (nSPS) is 9.75. The summed E-state index contributed by atoms with van der Waals surface area (Å²) < 4.78 is 0. The summed E-state index contributed by atoms with van der Waals surface area (Å²) in [6.45, 7) is 0. The van der Waals surface area contributed by atoms with Crippen molar-refractivity contribution in [3.05, 3.63) is 54.6 Å². The number of thiocarbonyl (C=S) groups is 1. The molecule has 0 atom stereocenters. The van der Waals surface area contributed by atoms with Gasteiger partial charge in [-0.1, -0.05) is 42.5 Å². The van der Waals surface area contributed by atoms with Gasteiger partial charge in [0, 0.05) is 5.69 Å². The maximum absolute atomic E-state index is 5.43. The molecule has 2 aromatic rings. The zero-order valence-electron chi connectivity index (χ0n) is 8.68. The topological polar surface area (TPSA) is 38.0 Å². The van der Waals surface area contributed by atoms with Crippen LogP contribution in [0.15, 0.2) is 54.6 Å². The molecule has 3 heteroatoms. The highest BCUT2D eigenvalue weighted by atomic mass is 32.1. The van der Waals surface area contributed by atoms with E-state index < -0.39 is 0 Å². The highest BCUT2D eigenvalue weighted by Gasteiger charge is 1.98. The quantitative estimate of drug-likeness (QED) is 0.776. The molecular formula is C13H12N2S. The van der Waals surface area contributed by atoms with Crippen molar-refractivity contribution in [2.45, 2.75) is 0 Å². The van der Waals surface area contributed by atoms with E-state index in [0.717, 1.165) is 11.3 Å². The van der Waals surface area contributed by atoms with Crippen LogP contribution in [0.2, 0.25) is 0 Å². The fraction of sp³-hybridized carbons (Fsp3) is 0. The van der Waals surface area contributed by atoms with Gasteiger partial charge in [-0.3, -0.25) is 0 Å². The van der Waals surface area contributed by atoms with E-state index in [1.807, 2.05) is 36.4 Å². The Morgan fingerprint density at radius 1 is 0.938 bits per heavy atom. The summed E-state index contributed by atoms with van der Waals surface area (Å²) in [7, 11) is 0. The van der Waals surface area contributed by atoms with Gasteiger partial charge in [0.25, 0.3) is 0 Å². The number of nitrogens with two attached hydrogens (primary N) is 1. The van der Waals surface area contributed by atoms with Crippen LogP contribution in [0.5, 0.6) is 0 Å². The van der Waals surface area contributed by atoms with Crippen LogP contribution in [0.4, 0.5) is 5.69 Å². The first-order valence-electron chi connectivity index (χ1n) is 4.97. The van der Waals surface area contributed by atoms with Gasteiger partial charge < -0.3 is 11.1 Å². The van der Waals surface area contributed by atoms with Crippen LogP contribution in [-0.2, 0) is 0 Å². The predicted octanol–water partition coefficient (Wildman–Crippen LogP) is 3.01. The molecule has 0 fully saturated rings. The Morgan fingerprint density at radius 3 is 2.31 bits per heavy atom. The van der Waals surface area contributed by atoms with Gasteiger partial charge in [-0.25, -0.2) is 0 Å². The summed E-state index contributed by atoms with van der Waals surface area (Å²) in [6, 6.07) is 18.2. The SMILES string of the molecule is NC(=S)Nc1cccc(-c2ccccc2)c1. The highest BCUT2D eigenvalue weighted by Crippen LogP contribution is 2.21. The van der Waals surface area contributed by atoms with Gasteiger partial charge in [0.1, 0.15) is 0 Å². The Balaban J connectivity index is 2.33. The maximum atomic E-state index is 5.43. The monoisotopic (exact) mass is 228 g/mol. The smallest absolute Gasteiger partial charge is 0.168 e. The lowest BCUT2D eigenvalue weighted by Gasteiger charge is -2.06. The molecule has 0 saturated heterocycles. The lowest BCUT2D eigenvalue weighted by atomic mass is 10.1. The molecule has 0 spiro atoms. The Kier molecular flexibility index (Phi) is 3.17. The van der Waals surface area contributed by atoms with Crippen molar-refractivity contribution in [1.82, 2.24) is 0 Å². The summed E-state index contributed by atoms with van der Waals surface area (Å²) in [4.78, 5) is 0. The van der Waals surface area contributed by atoms with Crippen molar-refractivity contribution in [2.75, 3.05) is 5.32 Å². The molecule has 3 N–H and O–H groups in total. The first-order valence-corrected chi connectivity index (χ1v) is 5.38. The second kappa shape index (κ2) is 4.77. The molecule has 0 bridgehead atoms. The van der Waals surface area contributed by atoms with E-state index in [9.17, 15) is 0 Å². The Bertz CT molecular complexity index is 494. The van der Waals surface area contributed by atoms with Gasteiger partial charge in [-0.2, -0.15) is 0 Å². The van der Waals surface area contributed by atoms with Crippen LogP contribution in [0.3, 0.4) is 0 Å². The van der Waals surface area contributed by atoms with Crippen LogP contribution in [0, 0.1) is 0 Å². The Hall–Kier alpha value is -1.87. The van der Waals surface area contributed by atoms with Crippen LogP contribution >= 0.6 is 12.2 Å². The number of nitrogens with one attached hydrogen (secondary N) is 1. The maximum Gasteiger partial charge on any atom is 0.168 e. The molecule has 2 rings (SSSR count). The minimum Gasteiger partial charge on any atom is -0.376 e. The lowest BCUT2D eigenvalue weighted by Crippen LogP contribution is -2.18. The first-order chi connectivity index (χ1) is 7.75. The minimum atomic E-state index is 0.283. The molecule has 0 aromatic heterocycles. The number of anilines is 1. The zero-order valence-corrected chi connectivity index (χ0v) is 9.50. The van der Waals surface area contributed by atoms with Crippen molar-refractivity contribution < 1.29 is 0 Å². The fourth-order valence-electron chi connectivity index (χ4n) is 1.55. The van der Waals surface area contributed by atoms with Crippen LogP contribution in [0.25, 0.3) is 11.1 Å². The minimum absolute atomic E-state index is 0.283. The molecule has 2 nitrogen and oxygen atoms in total. The molecule has 0 heterocycles. The molecule has 0 aliphatic rings. The van der Waals surface area contributed by atoms with Crippen molar-refractivity contribution >= 4 is 23.0 Å². The van der Waals surface area contributed by atoms with Crippen molar-refractivity contribution in [1.29, 1.82) is 0 Å². The molecule has 0 aliphatic carbocycles. The van der Waals surface area contributed by atoms with Gasteiger partial charge in [-0.15, -0.1) is 0 Å². The predicted molar refractivity (Wildman–Crippen MR) is 72.3 cm³/mol. The Morgan fingerprint density at radius 2 is 1.62 bits per heavy atom. The van der Waals surface area contributed by atoms with E-state index in [-0.39, 0.29) is 5.11 Å². The number of hydrogen-bond donors (Lipinski definition) is 2.